The summed E-state index contributed by atoms with van der Waals surface area (Å²) in [6, 6.07) is 0. The van der Waals surface area contributed by atoms with Gasteiger partial charge in [0.1, 0.15) is 6.10 Å². The Morgan fingerprint density at radius 3 is 2.27 bits per heavy atom. The quantitative estimate of drug-likeness (QED) is 0.747. The van der Waals surface area contributed by atoms with E-state index in [1.54, 1.807) is 0 Å². The van der Waals surface area contributed by atoms with Crippen molar-refractivity contribution in [1.29, 1.82) is 0 Å². The maximum atomic E-state index is 11.9. The number of carbonyl (C=O) groups is 1. The lowest BCUT2D eigenvalue weighted by molar-refractivity contribution is -0.141. The van der Waals surface area contributed by atoms with Crippen molar-refractivity contribution < 1.29 is 9.90 Å². The summed E-state index contributed by atoms with van der Waals surface area (Å²) in [5.41, 5.74) is 0. The number of nitrogens with zero attached hydrogens (tertiary/aromatic N) is 1. The summed E-state index contributed by atoms with van der Waals surface area (Å²) in [4.78, 5) is 13.8. The molecule has 1 aliphatic carbocycles. The average Bonchev–Trinajstić information content (AvgIpc) is 2.74. The molecule has 3 atom stereocenters. The Labute approximate surface area is 91.5 Å². The largest absolute Gasteiger partial charge is 0.383 e. The Hall–Kier alpha value is -0.570. The minimum absolute atomic E-state index is 0.0259. The molecule has 0 spiro atoms. The van der Waals surface area contributed by atoms with E-state index in [1.165, 1.54) is 19.3 Å². The molecule has 1 aliphatic heterocycles. The third kappa shape index (κ3) is 2.03. The third-order valence-electron chi connectivity index (χ3n) is 3.92. The Bertz CT molecular complexity index is 240. The van der Waals surface area contributed by atoms with Crippen LogP contribution in [0.3, 0.4) is 0 Å². The van der Waals surface area contributed by atoms with Gasteiger partial charge in [-0.15, -0.1) is 0 Å². The summed E-state index contributed by atoms with van der Waals surface area (Å²) < 4.78 is 0. The molecule has 0 aromatic carbocycles. The van der Waals surface area contributed by atoms with E-state index in [4.69, 9.17) is 0 Å². The Kier molecular flexibility index (Phi) is 3.01. The van der Waals surface area contributed by atoms with Gasteiger partial charge in [0.2, 0.25) is 0 Å². The zero-order valence-corrected chi connectivity index (χ0v) is 9.65. The smallest absolute Gasteiger partial charge is 0.251 e. The van der Waals surface area contributed by atoms with E-state index in [1.807, 2.05) is 18.7 Å². The lowest BCUT2D eigenvalue weighted by atomic mass is 10.0. The van der Waals surface area contributed by atoms with Crippen LogP contribution in [0.2, 0.25) is 0 Å². The van der Waals surface area contributed by atoms with Crippen LogP contribution < -0.4 is 0 Å². The number of aliphatic hydroxyl groups is 1. The van der Waals surface area contributed by atoms with Crippen LogP contribution in [0.5, 0.6) is 0 Å². The molecule has 0 aromatic rings. The van der Waals surface area contributed by atoms with Gasteiger partial charge in [0, 0.05) is 13.1 Å². The Morgan fingerprint density at radius 2 is 1.80 bits per heavy atom. The van der Waals surface area contributed by atoms with Gasteiger partial charge in [0.25, 0.3) is 5.91 Å². The van der Waals surface area contributed by atoms with Crippen molar-refractivity contribution in [1.82, 2.24) is 4.90 Å². The van der Waals surface area contributed by atoms with Crippen molar-refractivity contribution in [2.24, 2.45) is 17.8 Å². The highest BCUT2D eigenvalue weighted by Crippen LogP contribution is 2.37. The number of amides is 1. The molecular formula is C12H21NO2. The molecule has 2 unspecified atom stereocenters. The molecule has 2 fully saturated rings. The van der Waals surface area contributed by atoms with Crippen molar-refractivity contribution in [3.8, 4) is 0 Å². The van der Waals surface area contributed by atoms with Gasteiger partial charge in [-0.05, 0) is 30.6 Å². The van der Waals surface area contributed by atoms with Crippen molar-refractivity contribution in [2.45, 2.75) is 39.2 Å². The molecule has 1 amide bonds. The summed E-state index contributed by atoms with van der Waals surface area (Å²) in [5, 5.41) is 9.73. The van der Waals surface area contributed by atoms with Gasteiger partial charge in [-0.1, -0.05) is 20.3 Å². The predicted octanol–water partition coefficient (Wildman–Crippen LogP) is 1.26. The minimum atomic E-state index is -0.802. The lowest BCUT2D eigenvalue weighted by Crippen LogP contribution is -2.40. The molecule has 1 saturated heterocycles. The highest BCUT2D eigenvalue weighted by molar-refractivity contribution is 5.81. The zero-order chi connectivity index (χ0) is 11.0. The number of fused-ring (bicyclic) bond motifs is 1. The van der Waals surface area contributed by atoms with E-state index in [9.17, 15) is 9.90 Å². The predicted molar refractivity (Wildman–Crippen MR) is 58.3 cm³/mol. The van der Waals surface area contributed by atoms with E-state index in [2.05, 4.69) is 0 Å². The van der Waals surface area contributed by atoms with Crippen LogP contribution in [0.4, 0.5) is 0 Å². The first-order valence-electron chi connectivity index (χ1n) is 6.06. The number of aliphatic hydroxyl groups excluding tert-OH is 1. The molecule has 0 radical (unpaired) electrons. The van der Waals surface area contributed by atoms with E-state index < -0.39 is 6.10 Å². The molecule has 0 bridgehead atoms. The standard InChI is InChI=1S/C12H21NO2/c1-8(2)11(14)12(15)13-6-9-4-3-5-10(9)7-13/h8-11,14H,3-7H2,1-2H3/t9?,10?,11-/m1/s1. The number of likely N-dealkylation sites (tertiary alicyclic amines) is 1. The van der Waals surface area contributed by atoms with Crippen LogP contribution in [0.25, 0.3) is 0 Å². The van der Waals surface area contributed by atoms with Gasteiger partial charge in [0.15, 0.2) is 0 Å². The Morgan fingerprint density at radius 1 is 1.27 bits per heavy atom. The average molecular weight is 211 g/mol. The topological polar surface area (TPSA) is 40.5 Å². The van der Waals surface area contributed by atoms with E-state index in [0.717, 1.165) is 13.1 Å². The van der Waals surface area contributed by atoms with Gasteiger partial charge in [-0.2, -0.15) is 0 Å². The summed E-state index contributed by atoms with van der Waals surface area (Å²) in [6.45, 7) is 5.54. The van der Waals surface area contributed by atoms with Gasteiger partial charge in [-0.25, -0.2) is 0 Å². The molecule has 15 heavy (non-hydrogen) atoms. The van der Waals surface area contributed by atoms with Crippen LogP contribution in [0, 0.1) is 17.8 Å². The number of carbonyl (C=O) groups excluding carboxylic acids is 1. The van der Waals surface area contributed by atoms with Crippen molar-refractivity contribution >= 4 is 5.91 Å². The van der Waals surface area contributed by atoms with Gasteiger partial charge in [0.05, 0.1) is 0 Å². The van der Waals surface area contributed by atoms with E-state index in [-0.39, 0.29) is 11.8 Å². The fourth-order valence-electron chi connectivity index (χ4n) is 2.89. The number of hydrogen-bond acceptors (Lipinski definition) is 2. The molecule has 2 rings (SSSR count). The molecule has 1 heterocycles. The maximum absolute atomic E-state index is 11.9. The molecule has 2 aliphatic rings. The van der Waals surface area contributed by atoms with E-state index >= 15 is 0 Å². The summed E-state index contributed by atoms with van der Waals surface area (Å²) in [5.74, 6) is 1.40. The second-order valence-electron chi connectivity index (χ2n) is 5.38. The highest BCUT2D eigenvalue weighted by atomic mass is 16.3. The fraction of sp³-hybridized carbons (Fsp3) is 0.917. The monoisotopic (exact) mass is 211 g/mol. The molecule has 1 saturated carbocycles. The van der Waals surface area contributed by atoms with E-state index in [0.29, 0.717) is 11.8 Å². The molecule has 0 aromatic heterocycles. The maximum Gasteiger partial charge on any atom is 0.251 e. The van der Waals surface area contributed by atoms with Crippen molar-refractivity contribution in [3.63, 3.8) is 0 Å². The van der Waals surface area contributed by atoms with Gasteiger partial charge in [-0.3, -0.25) is 4.79 Å². The fourth-order valence-corrected chi connectivity index (χ4v) is 2.89. The molecule has 3 heteroatoms. The van der Waals surface area contributed by atoms with Crippen LogP contribution in [-0.2, 0) is 4.79 Å². The van der Waals surface area contributed by atoms with Crippen molar-refractivity contribution in [3.05, 3.63) is 0 Å². The number of hydrogen-bond donors (Lipinski definition) is 1. The zero-order valence-electron chi connectivity index (χ0n) is 9.65. The first-order chi connectivity index (χ1) is 7.09. The summed E-state index contributed by atoms with van der Waals surface area (Å²) >= 11 is 0. The highest BCUT2D eigenvalue weighted by Gasteiger charge is 2.39. The Balaban J connectivity index is 1.93. The second-order valence-corrected chi connectivity index (χ2v) is 5.38. The number of rotatable bonds is 2. The second kappa shape index (κ2) is 4.12. The van der Waals surface area contributed by atoms with Gasteiger partial charge >= 0.3 is 0 Å². The van der Waals surface area contributed by atoms with Gasteiger partial charge < -0.3 is 10.0 Å². The van der Waals surface area contributed by atoms with Crippen LogP contribution in [-0.4, -0.2) is 35.1 Å². The van der Waals surface area contributed by atoms with Crippen molar-refractivity contribution in [2.75, 3.05) is 13.1 Å². The molecule has 3 nitrogen and oxygen atoms in total. The van der Waals surface area contributed by atoms with Crippen LogP contribution >= 0.6 is 0 Å². The first-order valence-corrected chi connectivity index (χ1v) is 6.06. The normalized spacial score (nSPS) is 32.1. The third-order valence-corrected chi connectivity index (χ3v) is 3.92. The first kappa shape index (κ1) is 10.9. The molecular weight excluding hydrogens is 190 g/mol. The van der Waals surface area contributed by atoms with Crippen LogP contribution in [0.15, 0.2) is 0 Å². The summed E-state index contributed by atoms with van der Waals surface area (Å²) in [7, 11) is 0. The minimum Gasteiger partial charge on any atom is -0.383 e. The molecule has 1 N–H and O–H groups in total. The lowest BCUT2D eigenvalue weighted by Gasteiger charge is -2.22. The van der Waals surface area contributed by atoms with Crippen LogP contribution in [0.1, 0.15) is 33.1 Å². The SMILES string of the molecule is CC(C)[C@@H](O)C(=O)N1CC2CCCC2C1. The summed E-state index contributed by atoms with van der Waals surface area (Å²) in [6.07, 6.45) is 3.06. The molecule has 86 valence electrons.